The molecule has 4 rings (SSSR count). The van der Waals surface area contributed by atoms with Crippen molar-refractivity contribution in [2.24, 2.45) is 0 Å². The van der Waals surface area contributed by atoms with Gasteiger partial charge in [-0.15, -0.1) is 0 Å². The van der Waals surface area contributed by atoms with Crippen LogP contribution in [0.3, 0.4) is 0 Å². The van der Waals surface area contributed by atoms with Gasteiger partial charge in [0.25, 0.3) is 5.91 Å². The molecule has 6 heteroatoms. The number of nitrogens with one attached hydrogen (secondary N) is 1. The van der Waals surface area contributed by atoms with Gasteiger partial charge in [-0.2, -0.15) is 0 Å². The third kappa shape index (κ3) is 3.82. The highest BCUT2D eigenvalue weighted by molar-refractivity contribution is 7.19. The summed E-state index contributed by atoms with van der Waals surface area (Å²) in [5.41, 5.74) is 2.46. The second-order valence-electron chi connectivity index (χ2n) is 6.03. The van der Waals surface area contributed by atoms with E-state index in [4.69, 9.17) is 0 Å². The van der Waals surface area contributed by atoms with Crippen LogP contribution in [0.4, 0.5) is 13.8 Å². The van der Waals surface area contributed by atoms with Crippen LogP contribution in [-0.2, 0) is 0 Å². The number of halogens is 2. The molecule has 3 aromatic carbocycles. The Bertz CT molecular complexity index is 1110. The van der Waals surface area contributed by atoms with Gasteiger partial charge >= 0.3 is 0 Å². The Hall–Kier alpha value is -3.38. The third-order valence-electron chi connectivity index (χ3n) is 4.10. The first-order chi connectivity index (χ1) is 13.6. The molecule has 3 nitrogen and oxygen atoms in total. The topological polar surface area (TPSA) is 42.0 Å². The normalized spacial score (nSPS) is 10.6. The maximum atomic E-state index is 13.3. The molecule has 1 amide bonds. The third-order valence-corrected chi connectivity index (χ3v) is 5.12. The van der Waals surface area contributed by atoms with E-state index in [0.717, 1.165) is 5.56 Å². The van der Waals surface area contributed by atoms with Crippen LogP contribution < -0.4 is 5.32 Å². The number of nitrogens with zero attached hydrogens (tertiary/aromatic N) is 1. The van der Waals surface area contributed by atoms with E-state index in [1.54, 1.807) is 48.5 Å². The molecule has 0 spiro atoms. The number of hydrogen-bond donors (Lipinski definition) is 1. The lowest BCUT2D eigenvalue weighted by Crippen LogP contribution is -2.11. The SMILES string of the molecule is O=C(Nc1sc(-c2ccc(F)cc2)nc1-c1ccc(F)cc1)c1ccccc1. The molecule has 0 unspecified atom stereocenters. The Balaban J connectivity index is 1.75. The average molecular weight is 392 g/mol. The van der Waals surface area contributed by atoms with Crippen LogP contribution in [0.5, 0.6) is 0 Å². The molecule has 0 bridgehead atoms. The highest BCUT2D eigenvalue weighted by Crippen LogP contribution is 2.38. The Morgan fingerprint density at radius 2 is 1.36 bits per heavy atom. The van der Waals surface area contributed by atoms with Crippen LogP contribution in [-0.4, -0.2) is 10.9 Å². The molecule has 4 aromatic rings. The number of carbonyl (C=O) groups is 1. The van der Waals surface area contributed by atoms with Crippen LogP contribution in [0.2, 0.25) is 0 Å². The monoisotopic (exact) mass is 392 g/mol. The van der Waals surface area contributed by atoms with Gasteiger partial charge in [-0.05, 0) is 60.7 Å². The van der Waals surface area contributed by atoms with E-state index in [-0.39, 0.29) is 17.5 Å². The number of aromatic nitrogens is 1. The highest BCUT2D eigenvalue weighted by atomic mass is 32.1. The van der Waals surface area contributed by atoms with E-state index in [9.17, 15) is 13.6 Å². The number of thiazole rings is 1. The summed E-state index contributed by atoms with van der Waals surface area (Å²) in [5, 5.41) is 4.06. The van der Waals surface area contributed by atoms with Crippen LogP contribution >= 0.6 is 11.3 Å². The molecule has 28 heavy (non-hydrogen) atoms. The Kier molecular flexibility index (Phi) is 4.95. The van der Waals surface area contributed by atoms with E-state index in [0.29, 0.717) is 26.8 Å². The van der Waals surface area contributed by atoms with Gasteiger partial charge in [-0.3, -0.25) is 4.79 Å². The van der Waals surface area contributed by atoms with Crippen molar-refractivity contribution < 1.29 is 13.6 Å². The van der Waals surface area contributed by atoms with Gasteiger partial charge in [0, 0.05) is 16.7 Å². The molecule has 0 aliphatic rings. The smallest absolute Gasteiger partial charge is 0.256 e. The minimum Gasteiger partial charge on any atom is -0.312 e. The van der Waals surface area contributed by atoms with Gasteiger partial charge in [0.2, 0.25) is 0 Å². The Labute approximate surface area is 164 Å². The predicted molar refractivity (Wildman–Crippen MR) is 107 cm³/mol. The second kappa shape index (κ2) is 7.70. The van der Waals surface area contributed by atoms with Gasteiger partial charge in [0.15, 0.2) is 0 Å². The molecule has 1 N–H and O–H groups in total. The zero-order valence-electron chi connectivity index (χ0n) is 14.5. The minimum atomic E-state index is -0.354. The molecule has 138 valence electrons. The van der Waals surface area contributed by atoms with Crippen molar-refractivity contribution in [2.75, 3.05) is 5.32 Å². The maximum absolute atomic E-state index is 13.3. The molecular weight excluding hydrogens is 378 g/mol. The number of benzene rings is 3. The number of anilines is 1. The molecule has 1 heterocycles. The standard InChI is InChI=1S/C22H14F2N2OS/c23-17-10-6-14(7-11-17)19-22(26-20(27)15-4-2-1-3-5-15)28-21(25-19)16-8-12-18(24)13-9-16/h1-13H,(H,26,27). The summed E-state index contributed by atoms with van der Waals surface area (Å²) in [7, 11) is 0. The van der Waals surface area contributed by atoms with Gasteiger partial charge in [0.1, 0.15) is 27.3 Å². The molecule has 0 fully saturated rings. The summed E-state index contributed by atoms with van der Waals surface area (Å²) >= 11 is 1.28. The van der Waals surface area contributed by atoms with Gasteiger partial charge in [-0.1, -0.05) is 29.5 Å². The fraction of sp³-hybridized carbons (Fsp3) is 0. The van der Waals surface area contributed by atoms with Crippen LogP contribution in [0.1, 0.15) is 10.4 Å². The summed E-state index contributed by atoms with van der Waals surface area (Å²) in [5.74, 6) is -0.956. The minimum absolute atomic E-state index is 0.265. The summed E-state index contributed by atoms with van der Waals surface area (Å²) in [6.45, 7) is 0. The van der Waals surface area contributed by atoms with Gasteiger partial charge in [-0.25, -0.2) is 13.8 Å². The second-order valence-corrected chi connectivity index (χ2v) is 7.03. The predicted octanol–water partition coefficient (Wildman–Crippen LogP) is 6.01. The first-order valence-electron chi connectivity index (χ1n) is 8.49. The van der Waals surface area contributed by atoms with Crippen LogP contribution in [0.15, 0.2) is 78.9 Å². The maximum Gasteiger partial charge on any atom is 0.256 e. The molecule has 0 atom stereocenters. The largest absolute Gasteiger partial charge is 0.312 e. The van der Waals surface area contributed by atoms with Gasteiger partial charge in [0.05, 0.1) is 0 Å². The number of hydrogen-bond acceptors (Lipinski definition) is 3. The van der Waals surface area contributed by atoms with Crippen molar-refractivity contribution in [3.05, 3.63) is 96.1 Å². The van der Waals surface area contributed by atoms with Crippen molar-refractivity contribution in [1.29, 1.82) is 0 Å². The summed E-state index contributed by atoms with van der Waals surface area (Å²) in [6.07, 6.45) is 0. The fourth-order valence-corrected chi connectivity index (χ4v) is 3.68. The van der Waals surface area contributed by atoms with E-state index < -0.39 is 0 Å². The van der Waals surface area contributed by atoms with Crippen molar-refractivity contribution >= 4 is 22.2 Å². The Morgan fingerprint density at radius 1 is 0.786 bits per heavy atom. The fourth-order valence-electron chi connectivity index (χ4n) is 2.69. The molecule has 0 aliphatic carbocycles. The molecule has 0 saturated heterocycles. The zero-order chi connectivity index (χ0) is 19.5. The van der Waals surface area contributed by atoms with E-state index in [1.807, 2.05) is 6.07 Å². The molecule has 0 aliphatic heterocycles. The highest BCUT2D eigenvalue weighted by Gasteiger charge is 2.17. The van der Waals surface area contributed by atoms with Gasteiger partial charge < -0.3 is 5.32 Å². The number of amides is 1. The molecule has 1 aromatic heterocycles. The first-order valence-corrected chi connectivity index (χ1v) is 9.31. The summed E-state index contributed by atoms with van der Waals surface area (Å²) in [4.78, 5) is 17.2. The summed E-state index contributed by atoms with van der Waals surface area (Å²) < 4.78 is 26.6. The molecular formula is C22H14F2N2OS. The first kappa shape index (κ1) is 18.0. The van der Waals surface area contributed by atoms with Crippen molar-refractivity contribution in [1.82, 2.24) is 4.98 Å². The average Bonchev–Trinajstić information content (AvgIpc) is 3.13. The van der Waals surface area contributed by atoms with Crippen LogP contribution in [0, 0.1) is 11.6 Å². The van der Waals surface area contributed by atoms with E-state index >= 15 is 0 Å². The van der Waals surface area contributed by atoms with Crippen molar-refractivity contribution in [3.63, 3.8) is 0 Å². The Morgan fingerprint density at radius 3 is 1.96 bits per heavy atom. The summed E-state index contributed by atoms with van der Waals surface area (Å²) in [6, 6.07) is 20.7. The number of carbonyl (C=O) groups excluding carboxylic acids is 1. The quantitative estimate of drug-likeness (QED) is 0.462. The van der Waals surface area contributed by atoms with E-state index in [1.165, 1.54) is 35.6 Å². The van der Waals surface area contributed by atoms with Crippen molar-refractivity contribution in [3.8, 4) is 21.8 Å². The molecule has 0 saturated carbocycles. The van der Waals surface area contributed by atoms with E-state index in [2.05, 4.69) is 10.3 Å². The lowest BCUT2D eigenvalue weighted by molar-refractivity contribution is 0.102. The zero-order valence-corrected chi connectivity index (χ0v) is 15.3. The lowest BCUT2D eigenvalue weighted by Gasteiger charge is -2.05. The van der Waals surface area contributed by atoms with Crippen molar-refractivity contribution in [2.45, 2.75) is 0 Å². The van der Waals surface area contributed by atoms with Crippen LogP contribution in [0.25, 0.3) is 21.8 Å². The lowest BCUT2D eigenvalue weighted by atomic mass is 10.1. The molecule has 0 radical (unpaired) electrons. The number of rotatable bonds is 4.